The van der Waals surface area contributed by atoms with E-state index in [-0.39, 0.29) is 18.3 Å². The molecule has 2 atom stereocenters. The fourth-order valence-corrected chi connectivity index (χ4v) is 2.70. The van der Waals surface area contributed by atoms with Crippen LogP contribution in [0, 0.1) is 11.8 Å². The van der Waals surface area contributed by atoms with Gasteiger partial charge in [-0.1, -0.05) is 20.8 Å². The van der Waals surface area contributed by atoms with Gasteiger partial charge in [-0.25, -0.2) is 0 Å². The number of furan rings is 1. The van der Waals surface area contributed by atoms with Crippen LogP contribution in [0.2, 0.25) is 0 Å². The molecule has 1 aliphatic rings. The van der Waals surface area contributed by atoms with E-state index in [2.05, 4.69) is 11.7 Å². The van der Waals surface area contributed by atoms with Gasteiger partial charge in [-0.3, -0.25) is 9.59 Å². The first-order chi connectivity index (χ1) is 11.4. The van der Waals surface area contributed by atoms with Crippen LogP contribution in [0.4, 0.5) is 0 Å². The van der Waals surface area contributed by atoms with Crippen LogP contribution in [-0.2, 0) is 14.3 Å². The summed E-state index contributed by atoms with van der Waals surface area (Å²) in [5, 5.41) is 0. The molecule has 0 aliphatic heterocycles. The first-order valence-corrected chi connectivity index (χ1v) is 8.54. The number of amides is 1. The van der Waals surface area contributed by atoms with E-state index >= 15 is 0 Å². The second-order valence-electron chi connectivity index (χ2n) is 6.90. The lowest BCUT2D eigenvalue weighted by Gasteiger charge is -2.22. The van der Waals surface area contributed by atoms with Crippen molar-refractivity contribution < 1.29 is 18.7 Å². The van der Waals surface area contributed by atoms with Crippen molar-refractivity contribution in [3.8, 4) is 0 Å². The lowest BCUT2D eigenvalue weighted by molar-refractivity contribution is -0.141. The fraction of sp³-hybridized carbons (Fsp3) is 0.579. The zero-order chi connectivity index (χ0) is 17.7. The second-order valence-corrected chi connectivity index (χ2v) is 6.90. The number of rotatable bonds is 8. The molecule has 24 heavy (non-hydrogen) atoms. The molecular formula is C19H27NO4. The van der Waals surface area contributed by atoms with Crippen molar-refractivity contribution in [2.24, 2.45) is 11.8 Å². The van der Waals surface area contributed by atoms with E-state index in [1.807, 2.05) is 26.0 Å². The average molecular weight is 333 g/mol. The molecule has 1 amide bonds. The van der Waals surface area contributed by atoms with Gasteiger partial charge < -0.3 is 14.1 Å². The Hall–Kier alpha value is -2.04. The summed E-state index contributed by atoms with van der Waals surface area (Å²) in [7, 11) is 1.35. The maximum absolute atomic E-state index is 12.4. The third-order valence-corrected chi connectivity index (χ3v) is 4.22. The standard InChI is InChI=1S/C19H27NO4/c1-13(2)12-20(10-9-19(22)23-4)18(21)8-6-15-5-7-17(24-15)16-11-14(16)3/h5-8,13-14,16H,9-12H2,1-4H3/b8-6+. The molecule has 5 heteroatoms. The molecule has 2 rings (SSSR count). The van der Waals surface area contributed by atoms with Gasteiger partial charge in [-0.15, -0.1) is 0 Å². The predicted molar refractivity (Wildman–Crippen MR) is 92.3 cm³/mol. The lowest BCUT2D eigenvalue weighted by atomic mass is 10.2. The largest absolute Gasteiger partial charge is 0.469 e. The summed E-state index contributed by atoms with van der Waals surface area (Å²) in [6, 6.07) is 3.88. The molecule has 0 saturated heterocycles. The van der Waals surface area contributed by atoms with E-state index in [0.29, 0.717) is 36.6 Å². The van der Waals surface area contributed by atoms with Crippen LogP contribution in [0.25, 0.3) is 6.08 Å². The number of ether oxygens (including phenoxy) is 1. The summed E-state index contributed by atoms with van der Waals surface area (Å²) in [5.74, 6) is 2.80. The Bertz CT molecular complexity index is 602. The first-order valence-electron chi connectivity index (χ1n) is 8.54. The molecule has 1 saturated carbocycles. The van der Waals surface area contributed by atoms with Crippen LogP contribution in [0.15, 0.2) is 22.6 Å². The number of carbonyl (C=O) groups is 2. The Labute approximate surface area is 143 Å². The van der Waals surface area contributed by atoms with Crippen LogP contribution in [0.1, 0.15) is 51.1 Å². The van der Waals surface area contributed by atoms with Crippen molar-refractivity contribution in [3.05, 3.63) is 29.7 Å². The number of hydrogen-bond donors (Lipinski definition) is 0. The molecule has 1 heterocycles. The normalized spacial score (nSPS) is 19.7. The lowest BCUT2D eigenvalue weighted by Crippen LogP contribution is -2.34. The third kappa shape index (κ3) is 5.25. The molecule has 1 aliphatic carbocycles. The molecular weight excluding hydrogens is 306 g/mol. The molecule has 0 spiro atoms. The number of methoxy groups -OCH3 is 1. The molecule has 0 radical (unpaired) electrons. The molecule has 132 valence electrons. The van der Waals surface area contributed by atoms with Crippen LogP contribution in [-0.4, -0.2) is 37.0 Å². The van der Waals surface area contributed by atoms with Crippen LogP contribution in [0.3, 0.4) is 0 Å². The summed E-state index contributed by atoms with van der Waals surface area (Å²) in [6.45, 7) is 7.24. The number of nitrogens with zero attached hydrogens (tertiary/aromatic N) is 1. The average Bonchev–Trinajstić information content (AvgIpc) is 3.09. The Morgan fingerprint density at radius 1 is 1.42 bits per heavy atom. The summed E-state index contributed by atoms with van der Waals surface area (Å²) in [6.07, 6.45) is 4.58. The molecule has 0 aromatic carbocycles. The number of esters is 1. The van der Waals surface area contributed by atoms with E-state index in [1.54, 1.807) is 11.0 Å². The highest BCUT2D eigenvalue weighted by atomic mass is 16.5. The van der Waals surface area contributed by atoms with E-state index in [0.717, 1.165) is 5.76 Å². The fourth-order valence-electron chi connectivity index (χ4n) is 2.70. The molecule has 0 bridgehead atoms. The van der Waals surface area contributed by atoms with E-state index < -0.39 is 0 Å². The number of hydrogen-bond acceptors (Lipinski definition) is 4. The van der Waals surface area contributed by atoms with E-state index in [1.165, 1.54) is 19.6 Å². The molecule has 1 aromatic rings. The SMILES string of the molecule is COC(=O)CCN(CC(C)C)C(=O)/C=C/c1ccc(C2CC2C)o1. The summed E-state index contributed by atoms with van der Waals surface area (Å²) in [4.78, 5) is 25.4. The second kappa shape index (κ2) is 8.18. The van der Waals surface area contributed by atoms with Crippen molar-refractivity contribution in [1.82, 2.24) is 4.90 Å². The van der Waals surface area contributed by atoms with Gasteiger partial charge in [0.05, 0.1) is 13.5 Å². The zero-order valence-electron chi connectivity index (χ0n) is 15.0. The molecule has 1 fully saturated rings. The molecule has 1 aromatic heterocycles. The summed E-state index contributed by atoms with van der Waals surface area (Å²) >= 11 is 0. The first kappa shape index (κ1) is 18.3. The maximum atomic E-state index is 12.4. The Morgan fingerprint density at radius 2 is 2.12 bits per heavy atom. The van der Waals surface area contributed by atoms with E-state index in [9.17, 15) is 9.59 Å². The zero-order valence-corrected chi connectivity index (χ0v) is 15.0. The van der Waals surface area contributed by atoms with E-state index in [4.69, 9.17) is 4.42 Å². The van der Waals surface area contributed by atoms with Gasteiger partial charge >= 0.3 is 5.97 Å². The minimum Gasteiger partial charge on any atom is -0.469 e. The monoisotopic (exact) mass is 333 g/mol. The molecule has 2 unspecified atom stereocenters. The Kier molecular flexibility index (Phi) is 6.23. The van der Waals surface area contributed by atoms with Gasteiger partial charge in [-0.2, -0.15) is 0 Å². The topological polar surface area (TPSA) is 59.8 Å². The highest BCUT2D eigenvalue weighted by Gasteiger charge is 2.36. The van der Waals surface area contributed by atoms with Gasteiger partial charge in [-0.05, 0) is 36.5 Å². The van der Waals surface area contributed by atoms with Crippen molar-refractivity contribution in [3.63, 3.8) is 0 Å². The van der Waals surface area contributed by atoms with Crippen molar-refractivity contribution in [2.75, 3.05) is 20.2 Å². The third-order valence-electron chi connectivity index (χ3n) is 4.22. The van der Waals surface area contributed by atoms with Gasteiger partial charge in [0, 0.05) is 25.1 Å². The highest BCUT2D eigenvalue weighted by Crippen LogP contribution is 2.47. The van der Waals surface area contributed by atoms with Gasteiger partial charge in [0.25, 0.3) is 0 Å². The minimum absolute atomic E-state index is 0.120. The highest BCUT2D eigenvalue weighted by molar-refractivity contribution is 5.91. The van der Waals surface area contributed by atoms with Crippen molar-refractivity contribution >= 4 is 18.0 Å². The van der Waals surface area contributed by atoms with Crippen LogP contribution >= 0.6 is 0 Å². The van der Waals surface area contributed by atoms with Gasteiger partial charge in [0.2, 0.25) is 5.91 Å². The van der Waals surface area contributed by atoms with Gasteiger partial charge in [0.15, 0.2) is 0 Å². The minimum atomic E-state index is -0.310. The summed E-state index contributed by atoms with van der Waals surface area (Å²) < 4.78 is 10.4. The Morgan fingerprint density at radius 3 is 2.71 bits per heavy atom. The Balaban J connectivity index is 1.94. The quantitative estimate of drug-likeness (QED) is 0.540. The van der Waals surface area contributed by atoms with Crippen molar-refractivity contribution in [2.45, 2.75) is 39.5 Å². The molecule has 0 N–H and O–H groups in total. The van der Waals surface area contributed by atoms with Crippen molar-refractivity contribution in [1.29, 1.82) is 0 Å². The smallest absolute Gasteiger partial charge is 0.307 e. The van der Waals surface area contributed by atoms with Gasteiger partial charge in [0.1, 0.15) is 11.5 Å². The molecule has 5 nitrogen and oxygen atoms in total. The van der Waals surface area contributed by atoms with Crippen LogP contribution in [0.5, 0.6) is 0 Å². The summed E-state index contributed by atoms with van der Waals surface area (Å²) in [5.41, 5.74) is 0. The number of carbonyl (C=O) groups excluding carboxylic acids is 2. The maximum Gasteiger partial charge on any atom is 0.307 e. The predicted octanol–water partition coefficient (Wildman–Crippen LogP) is 3.46. The van der Waals surface area contributed by atoms with Crippen LogP contribution < -0.4 is 0 Å².